The fourth-order valence-electron chi connectivity index (χ4n) is 2.38. The summed E-state index contributed by atoms with van der Waals surface area (Å²) in [6.07, 6.45) is 1.09. The molecular formula is C19H24N2O2. The summed E-state index contributed by atoms with van der Waals surface area (Å²) in [4.78, 5) is 14.6. The average Bonchev–Trinajstić information content (AvgIpc) is 2.57. The van der Waals surface area contributed by atoms with Crippen LogP contribution in [0, 0.1) is 0 Å². The van der Waals surface area contributed by atoms with Gasteiger partial charge in [0.1, 0.15) is 5.75 Å². The summed E-state index contributed by atoms with van der Waals surface area (Å²) in [7, 11) is 2.05. The molecule has 0 radical (unpaired) electrons. The Morgan fingerprint density at radius 1 is 1.09 bits per heavy atom. The highest BCUT2D eigenvalue weighted by molar-refractivity contribution is 6.05. The van der Waals surface area contributed by atoms with Crippen molar-refractivity contribution in [2.24, 2.45) is 0 Å². The summed E-state index contributed by atoms with van der Waals surface area (Å²) < 4.78 is 5.53. The molecule has 0 heterocycles. The monoisotopic (exact) mass is 312 g/mol. The third-order valence-electron chi connectivity index (χ3n) is 3.56. The number of amides is 1. The van der Waals surface area contributed by atoms with E-state index < -0.39 is 0 Å². The molecule has 23 heavy (non-hydrogen) atoms. The van der Waals surface area contributed by atoms with Gasteiger partial charge in [0.2, 0.25) is 0 Å². The van der Waals surface area contributed by atoms with Crippen molar-refractivity contribution in [3.63, 3.8) is 0 Å². The van der Waals surface area contributed by atoms with E-state index in [0.29, 0.717) is 23.6 Å². The number of para-hydroxylation sites is 2. The number of benzene rings is 2. The molecule has 1 N–H and O–H groups in total. The number of carbonyl (C=O) groups excluding carboxylic acids is 1. The van der Waals surface area contributed by atoms with Crippen LogP contribution in [0.2, 0.25) is 0 Å². The van der Waals surface area contributed by atoms with Gasteiger partial charge in [-0.15, -0.1) is 0 Å². The van der Waals surface area contributed by atoms with E-state index in [1.165, 1.54) is 0 Å². The summed E-state index contributed by atoms with van der Waals surface area (Å²) in [5.41, 5.74) is 2.43. The Balaban J connectivity index is 2.09. The van der Waals surface area contributed by atoms with Gasteiger partial charge in [-0.1, -0.05) is 19.1 Å². The maximum absolute atomic E-state index is 12.4. The number of anilines is 2. The lowest BCUT2D eigenvalue weighted by atomic mass is 10.1. The van der Waals surface area contributed by atoms with Crippen LogP contribution in [-0.2, 0) is 0 Å². The maximum Gasteiger partial charge on any atom is 0.255 e. The fraction of sp³-hybridized carbons (Fsp3) is 0.316. The van der Waals surface area contributed by atoms with Crippen LogP contribution in [0.25, 0.3) is 0 Å². The molecule has 122 valence electrons. The van der Waals surface area contributed by atoms with Crippen LogP contribution >= 0.6 is 0 Å². The Labute approximate surface area is 138 Å². The molecule has 1 amide bonds. The number of rotatable bonds is 7. The van der Waals surface area contributed by atoms with Crippen LogP contribution in [0.4, 0.5) is 11.4 Å². The summed E-state index contributed by atoms with van der Waals surface area (Å²) in [6, 6.07) is 15.1. The Kier molecular flexibility index (Phi) is 6.03. The molecule has 2 rings (SSSR count). The standard InChI is InChI=1S/C19H24N2O2/c1-4-14-21(3)16-12-10-15(11-13-16)19(22)20-17-8-6-7-9-18(17)23-5-2/h6-13H,4-5,14H2,1-3H3,(H,20,22). The van der Waals surface area contributed by atoms with Gasteiger partial charge in [0.25, 0.3) is 5.91 Å². The van der Waals surface area contributed by atoms with Crippen molar-refractivity contribution in [3.8, 4) is 5.75 Å². The van der Waals surface area contributed by atoms with Crippen molar-refractivity contribution in [1.82, 2.24) is 0 Å². The van der Waals surface area contributed by atoms with Gasteiger partial charge in [-0.05, 0) is 49.7 Å². The molecule has 0 aliphatic carbocycles. The number of carbonyl (C=O) groups is 1. The molecule has 2 aromatic carbocycles. The predicted octanol–water partition coefficient (Wildman–Crippen LogP) is 4.18. The molecule has 0 saturated heterocycles. The SMILES string of the molecule is CCCN(C)c1ccc(C(=O)Nc2ccccc2OCC)cc1. The second kappa shape index (κ2) is 8.22. The van der Waals surface area contributed by atoms with Crippen molar-refractivity contribution in [1.29, 1.82) is 0 Å². The first-order valence-corrected chi connectivity index (χ1v) is 8.00. The van der Waals surface area contributed by atoms with E-state index in [-0.39, 0.29) is 5.91 Å². The average molecular weight is 312 g/mol. The maximum atomic E-state index is 12.4. The van der Waals surface area contributed by atoms with Crippen LogP contribution < -0.4 is 15.0 Å². The molecule has 4 heteroatoms. The van der Waals surface area contributed by atoms with Crippen LogP contribution in [0.5, 0.6) is 5.75 Å². The number of hydrogen-bond acceptors (Lipinski definition) is 3. The molecule has 0 atom stereocenters. The van der Waals surface area contributed by atoms with Gasteiger partial charge in [0, 0.05) is 24.8 Å². The Hall–Kier alpha value is -2.49. The zero-order chi connectivity index (χ0) is 16.7. The van der Waals surface area contributed by atoms with Crippen LogP contribution in [0.15, 0.2) is 48.5 Å². The van der Waals surface area contributed by atoms with E-state index >= 15 is 0 Å². The summed E-state index contributed by atoms with van der Waals surface area (Å²) >= 11 is 0. The number of hydrogen-bond donors (Lipinski definition) is 1. The summed E-state index contributed by atoms with van der Waals surface area (Å²) in [5, 5.41) is 2.91. The molecule has 0 bridgehead atoms. The topological polar surface area (TPSA) is 41.6 Å². The minimum absolute atomic E-state index is 0.137. The second-order valence-corrected chi connectivity index (χ2v) is 5.35. The zero-order valence-corrected chi connectivity index (χ0v) is 14.0. The van der Waals surface area contributed by atoms with Gasteiger partial charge >= 0.3 is 0 Å². The van der Waals surface area contributed by atoms with Crippen molar-refractivity contribution in [3.05, 3.63) is 54.1 Å². The Morgan fingerprint density at radius 2 is 1.78 bits per heavy atom. The van der Waals surface area contributed by atoms with Crippen molar-refractivity contribution < 1.29 is 9.53 Å². The first-order valence-electron chi connectivity index (χ1n) is 8.00. The first-order chi connectivity index (χ1) is 11.2. The third-order valence-corrected chi connectivity index (χ3v) is 3.56. The van der Waals surface area contributed by atoms with Crippen molar-refractivity contribution in [2.45, 2.75) is 20.3 Å². The second-order valence-electron chi connectivity index (χ2n) is 5.35. The highest BCUT2D eigenvalue weighted by atomic mass is 16.5. The van der Waals surface area contributed by atoms with Crippen molar-refractivity contribution >= 4 is 17.3 Å². The molecule has 0 spiro atoms. The van der Waals surface area contributed by atoms with Crippen molar-refractivity contribution in [2.75, 3.05) is 30.4 Å². The lowest BCUT2D eigenvalue weighted by Crippen LogP contribution is -2.18. The largest absolute Gasteiger partial charge is 0.492 e. The normalized spacial score (nSPS) is 10.2. The molecule has 0 unspecified atom stereocenters. The number of nitrogens with zero attached hydrogens (tertiary/aromatic N) is 1. The highest BCUT2D eigenvalue weighted by Crippen LogP contribution is 2.24. The molecule has 0 fully saturated rings. The molecular weight excluding hydrogens is 288 g/mol. The van der Waals surface area contributed by atoms with Crippen LogP contribution in [0.1, 0.15) is 30.6 Å². The van der Waals surface area contributed by atoms with Gasteiger partial charge < -0.3 is 15.0 Å². The lowest BCUT2D eigenvalue weighted by molar-refractivity contribution is 0.102. The Bertz CT molecular complexity index is 638. The summed E-state index contributed by atoms with van der Waals surface area (Å²) in [5.74, 6) is 0.546. The fourth-order valence-corrected chi connectivity index (χ4v) is 2.38. The minimum atomic E-state index is -0.137. The van der Waals surface area contributed by atoms with Crippen LogP contribution in [0.3, 0.4) is 0 Å². The third kappa shape index (κ3) is 4.49. The van der Waals surface area contributed by atoms with Gasteiger partial charge in [-0.2, -0.15) is 0 Å². The Morgan fingerprint density at radius 3 is 2.43 bits per heavy atom. The van der Waals surface area contributed by atoms with E-state index in [1.54, 1.807) is 0 Å². The quantitative estimate of drug-likeness (QED) is 0.833. The van der Waals surface area contributed by atoms with E-state index in [4.69, 9.17) is 4.74 Å². The molecule has 0 aliphatic heterocycles. The molecule has 0 aromatic heterocycles. The molecule has 4 nitrogen and oxygen atoms in total. The zero-order valence-electron chi connectivity index (χ0n) is 14.0. The lowest BCUT2D eigenvalue weighted by Gasteiger charge is -2.18. The van der Waals surface area contributed by atoms with Crippen LogP contribution in [-0.4, -0.2) is 26.1 Å². The van der Waals surface area contributed by atoms with Gasteiger partial charge in [0.15, 0.2) is 0 Å². The highest BCUT2D eigenvalue weighted by Gasteiger charge is 2.10. The van der Waals surface area contributed by atoms with Gasteiger partial charge in [-0.3, -0.25) is 4.79 Å². The van der Waals surface area contributed by atoms with Gasteiger partial charge in [-0.25, -0.2) is 0 Å². The molecule has 2 aromatic rings. The smallest absolute Gasteiger partial charge is 0.255 e. The summed E-state index contributed by atoms with van der Waals surface area (Å²) in [6.45, 7) is 5.62. The molecule has 0 saturated carbocycles. The van der Waals surface area contributed by atoms with E-state index in [2.05, 4.69) is 24.2 Å². The predicted molar refractivity (Wildman–Crippen MR) is 95.6 cm³/mol. The number of ether oxygens (including phenoxy) is 1. The van der Waals surface area contributed by atoms with E-state index in [1.807, 2.05) is 55.5 Å². The first kappa shape index (κ1) is 16.9. The molecule has 0 aliphatic rings. The number of nitrogens with one attached hydrogen (secondary N) is 1. The minimum Gasteiger partial charge on any atom is -0.492 e. The van der Waals surface area contributed by atoms with Gasteiger partial charge in [0.05, 0.1) is 12.3 Å². The van der Waals surface area contributed by atoms with E-state index in [0.717, 1.165) is 18.7 Å². The van der Waals surface area contributed by atoms with E-state index in [9.17, 15) is 4.79 Å².